The van der Waals surface area contributed by atoms with Crippen molar-refractivity contribution < 1.29 is 9.90 Å². The van der Waals surface area contributed by atoms with Gasteiger partial charge in [-0.2, -0.15) is 11.8 Å². The number of carbonyl (C=O) groups is 1. The quantitative estimate of drug-likeness (QED) is 0.793. The zero-order chi connectivity index (χ0) is 14.1. The summed E-state index contributed by atoms with van der Waals surface area (Å²) < 4.78 is 0. The minimum atomic E-state index is -0.0349. The van der Waals surface area contributed by atoms with Crippen molar-refractivity contribution in [3.63, 3.8) is 0 Å². The molecule has 1 aromatic rings. The smallest absolute Gasteiger partial charge is 0.252 e. The average Bonchev–Trinajstić information content (AvgIpc) is 2.87. The summed E-state index contributed by atoms with van der Waals surface area (Å²) in [5, 5.41) is 13.5. The van der Waals surface area contributed by atoms with E-state index in [-0.39, 0.29) is 18.6 Å². The Labute approximate surface area is 122 Å². The monoisotopic (exact) mass is 297 g/mol. The van der Waals surface area contributed by atoms with Gasteiger partial charge in [-0.15, -0.1) is 11.3 Å². The van der Waals surface area contributed by atoms with E-state index in [4.69, 9.17) is 5.11 Å². The van der Waals surface area contributed by atoms with Crippen molar-refractivity contribution in [2.75, 3.05) is 18.6 Å². The number of aliphatic hydroxyl groups excluding tert-OH is 1. The Morgan fingerprint density at radius 1 is 1.63 bits per heavy atom. The molecule has 3 nitrogen and oxygen atoms in total. The van der Waals surface area contributed by atoms with Crippen LogP contribution in [0.2, 0.25) is 0 Å². The highest BCUT2D eigenvalue weighted by molar-refractivity contribution is 7.98. The molecular formula is C14H19NO2S2. The summed E-state index contributed by atoms with van der Waals surface area (Å²) in [6.07, 6.45) is 3.43. The van der Waals surface area contributed by atoms with Gasteiger partial charge in [0.1, 0.15) is 0 Å². The van der Waals surface area contributed by atoms with Crippen molar-refractivity contribution in [3.05, 3.63) is 21.9 Å². The Kier molecular flexibility index (Phi) is 7.65. The molecule has 1 amide bonds. The van der Waals surface area contributed by atoms with Crippen molar-refractivity contribution in [1.82, 2.24) is 5.32 Å². The van der Waals surface area contributed by atoms with E-state index in [0.29, 0.717) is 12.0 Å². The number of thiophene rings is 1. The Morgan fingerprint density at radius 3 is 3.05 bits per heavy atom. The van der Waals surface area contributed by atoms with Crippen LogP contribution < -0.4 is 5.32 Å². The lowest BCUT2D eigenvalue weighted by molar-refractivity contribution is 0.0940. The van der Waals surface area contributed by atoms with Crippen LogP contribution in [0.1, 0.15) is 35.0 Å². The van der Waals surface area contributed by atoms with Crippen LogP contribution >= 0.6 is 23.1 Å². The largest absolute Gasteiger partial charge is 0.395 e. The molecule has 0 bridgehead atoms. The van der Waals surface area contributed by atoms with E-state index in [1.165, 1.54) is 11.3 Å². The predicted octanol–water partition coefficient (Wildman–Crippen LogP) is 2.35. The van der Waals surface area contributed by atoms with E-state index < -0.39 is 0 Å². The second-order valence-corrected chi connectivity index (χ2v) is 5.83. The number of aliphatic hydroxyl groups is 1. The predicted molar refractivity (Wildman–Crippen MR) is 82.8 cm³/mol. The molecule has 0 fully saturated rings. The lowest BCUT2D eigenvalue weighted by atomic mass is 10.2. The fraction of sp³-hybridized carbons (Fsp3) is 0.500. The van der Waals surface area contributed by atoms with Gasteiger partial charge in [0.05, 0.1) is 17.0 Å². The van der Waals surface area contributed by atoms with Crippen LogP contribution in [-0.2, 0) is 0 Å². The van der Waals surface area contributed by atoms with Gasteiger partial charge >= 0.3 is 0 Å². The molecule has 2 N–H and O–H groups in total. The molecule has 19 heavy (non-hydrogen) atoms. The van der Waals surface area contributed by atoms with E-state index in [9.17, 15) is 4.79 Å². The van der Waals surface area contributed by atoms with Gasteiger partial charge in [-0.3, -0.25) is 4.79 Å². The van der Waals surface area contributed by atoms with Crippen molar-refractivity contribution in [2.45, 2.75) is 25.8 Å². The lowest BCUT2D eigenvalue weighted by Crippen LogP contribution is -2.35. The number of hydrogen-bond donors (Lipinski definition) is 2. The van der Waals surface area contributed by atoms with Gasteiger partial charge in [-0.1, -0.05) is 18.8 Å². The third-order valence-corrected chi connectivity index (χ3v) is 4.09. The molecule has 0 saturated heterocycles. The molecule has 1 atom stereocenters. The zero-order valence-electron chi connectivity index (χ0n) is 11.2. The molecule has 0 aliphatic heterocycles. The van der Waals surface area contributed by atoms with Gasteiger partial charge in [0, 0.05) is 23.6 Å². The van der Waals surface area contributed by atoms with Gasteiger partial charge in [0.2, 0.25) is 0 Å². The number of rotatable bonds is 6. The summed E-state index contributed by atoms with van der Waals surface area (Å²) in [5.74, 6) is 6.68. The zero-order valence-corrected chi connectivity index (χ0v) is 12.9. The molecule has 0 spiro atoms. The highest BCUT2D eigenvalue weighted by Crippen LogP contribution is 2.14. The number of amides is 1. The maximum atomic E-state index is 12.0. The van der Waals surface area contributed by atoms with Crippen molar-refractivity contribution in [2.24, 2.45) is 0 Å². The van der Waals surface area contributed by atoms with Gasteiger partial charge in [0.15, 0.2) is 0 Å². The summed E-state index contributed by atoms with van der Waals surface area (Å²) in [7, 11) is 0. The molecule has 0 aliphatic rings. The normalized spacial score (nSPS) is 11.5. The molecule has 0 aliphatic carbocycles. The molecule has 0 saturated carbocycles. The standard InChI is InChI=1S/C14H19NO2S2/c1-3-12(10-18-2)15-14(17)11-8-13(19-9-11)6-4-5-7-16/h8-9,12,16H,3,5,7,10H2,1-2H3,(H,15,17). The summed E-state index contributed by atoms with van der Waals surface area (Å²) >= 11 is 3.19. The SMILES string of the molecule is CCC(CSC)NC(=O)c1csc(C#CCCO)c1. The Bertz CT molecular complexity index is 460. The molecular weight excluding hydrogens is 278 g/mol. The first-order chi connectivity index (χ1) is 9.21. The van der Waals surface area contributed by atoms with E-state index in [1.54, 1.807) is 17.8 Å². The molecule has 0 radical (unpaired) electrons. The van der Waals surface area contributed by atoms with Crippen LogP contribution in [-0.4, -0.2) is 35.7 Å². The van der Waals surface area contributed by atoms with Crippen LogP contribution in [0.5, 0.6) is 0 Å². The first-order valence-corrected chi connectivity index (χ1v) is 8.46. The molecule has 1 rings (SSSR count). The Balaban J connectivity index is 2.61. The molecule has 1 aromatic heterocycles. The average molecular weight is 297 g/mol. The van der Waals surface area contributed by atoms with Crippen LogP contribution in [0.25, 0.3) is 0 Å². The number of carbonyl (C=O) groups excluding carboxylic acids is 1. The van der Waals surface area contributed by atoms with Gasteiger partial charge in [0.25, 0.3) is 5.91 Å². The topological polar surface area (TPSA) is 49.3 Å². The maximum absolute atomic E-state index is 12.0. The highest BCUT2D eigenvalue weighted by Gasteiger charge is 2.12. The second-order valence-electron chi connectivity index (χ2n) is 4.01. The summed E-state index contributed by atoms with van der Waals surface area (Å²) in [6, 6.07) is 2.02. The summed E-state index contributed by atoms with van der Waals surface area (Å²) in [4.78, 5) is 12.9. The van der Waals surface area contributed by atoms with E-state index in [0.717, 1.165) is 17.1 Å². The molecule has 1 heterocycles. The second kappa shape index (κ2) is 9.03. The Morgan fingerprint density at radius 2 is 2.42 bits per heavy atom. The van der Waals surface area contributed by atoms with Crippen LogP contribution in [0.15, 0.2) is 11.4 Å². The summed E-state index contributed by atoms with van der Waals surface area (Å²) in [6.45, 7) is 2.14. The number of thioether (sulfide) groups is 1. The minimum absolute atomic E-state index is 0.0349. The minimum Gasteiger partial charge on any atom is -0.395 e. The first-order valence-electron chi connectivity index (χ1n) is 6.19. The fourth-order valence-corrected chi connectivity index (χ4v) is 2.93. The van der Waals surface area contributed by atoms with Crippen LogP contribution in [0.3, 0.4) is 0 Å². The van der Waals surface area contributed by atoms with E-state index in [1.807, 2.05) is 11.6 Å². The van der Waals surface area contributed by atoms with Gasteiger partial charge < -0.3 is 10.4 Å². The fourth-order valence-electron chi connectivity index (χ4n) is 1.46. The highest BCUT2D eigenvalue weighted by atomic mass is 32.2. The molecule has 1 unspecified atom stereocenters. The molecule has 0 aromatic carbocycles. The number of hydrogen-bond acceptors (Lipinski definition) is 4. The van der Waals surface area contributed by atoms with Gasteiger partial charge in [-0.05, 0) is 18.7 Å². The van der Waals surface area contributed by atoms with Crippen molar-refractivity contribution >= 4 is 29.0 Å². The van der Waals surface area contributed by atoms with Crippen molar-refractivity contribution in [1.29, 1.82) is 0 Å². The van der Waals surface area contributed by atoms with Gasteiger partial charge in [-0.25, -0.2) is 0 Å². The number of nitrogens with one attached hydrogen (secondary N) is 1. The van der Waals surface area contributed by atoms with E-state index in [2.05, 4.69) is 24.1 Å². The van der Waals surface area contributed by atoms with E-state index >= 15 is 0 Å². The van der Waals surface area contributed by atoms with Crippen LogP contribution in [0.4, 0.5) is 0 Å². The molecule has 5 heteroatoms. The van der Waals surface area contributed by atoms with Crippen molar-refractivity contribution in [3.8, 4) is 11.8 Å². The summed E-state index contributed by atoms with van der Waals surface area (Å²) in [5.41, 5.74) is 0.665. The lowest BCUT2D eigenvalue weighted by Gasteiger charge is -2.14. The third-order valence-electron chi connectivity index (χ3n) is 2.51. The van der Waals surface area contributed by atoms with Crippen LogP contribution in [0, 0.1) is 11.8 Å². The Hall–Kier alpha value is -0.960. The maximum Gasteiger partial charge on any atom is 0.252 e. The third kappa shape index (κ3) is 5.68. The first kappa shape index (κ1) is 16.1. The molecule has 104 valence electrons.